The van der Waals surface area contributed by atoms with Gasteiger partial charge in [-0.15, -0.1) is 0 Å². The van der Waals surface area contributed by atoms with Crippen molar-refractivity contribution in [3.05, 3.63) is 40.7 Å². The molecule has 2 amide bonds. The number of aryl methyl sites for hydroxylation is 2. The molecule has 0 radical (unpaired) electrons. The predicted molar refractivity (Wildman–Crippen MR) is 113 cm³/mol. The molecule has 0 aromatic carbocycles. The van der Waals surface area contributed by atoms with Gasteiger partial charge in [0, 0.05) is 44.1 Å². The molecule has 2 fully saturated rings. The molecule has 1 N–H and O–H groups in total. The van der Waals surface area contributed by atoms with Crippen LogP contribution in [-0.2, 0) is 16.0 Å². The van der Waals surface area contributed by atoms with E-state index in [1.807, 2.05) is 19.9 Å². The van der Waals surface area contributed by atoms with Crippen LogP contribution in [0.1, 0.15) is 59.0 Å². The lowest BCUT2D eigenvalue weighted by molar-refractivity contribution is -0.127. The Kier molecular flexibility index (Phi) is 6.18. The quantitative estimate of drug-likeness (QED) is 0.680. The molecule has 168 valence electrons. The molecule has 31 heavy (non-hydrogen) atoms. The number of likely N-dealkylation sites (tertiary alicyclic amines) is 1. The summed E-state index contributed by atoms with van der Waals surface area (Å²) in [4.78, 5) is 27.9. The maximum Gasteiger partial charge on any atom is 0.289 e. The highest BCUT2D eigenvalue weighted by atomic mass is 16.5. The number of hydrogen-bond donors (Lipinski definition) is 1. The van der Waals surface area contributed by atoms with Crippen LogP contribution in [0.25, 0.3) is 0 Å². The molecule has 8 nitrogen and oxygen atoms in total. The Labute approximate surface area is 182 Å². The Balaban J connectivity index is 1.46. The van der Waals surface area contributed by atoms with Crippen molar-refractivity contribution in [3.8, 4) is 0 Å². The highest BCUT2D eigenvalue weighted by Gasteiger charge is 2.52. The van der Waals surface area contributed by atoms with Crippen LogP contribution in [0.3, 0.4) is 0 Å². The Hall–Kier alpha value is -2.61. The summed E-state index contributed by atoms with van der Waals surface area (Å²) < 4.78 is 16.1. The number of nitrogens with zero attached hydrogens (tertiary/aromatic N) is 2. The molecule has 2 aromatic rings. The van der Waals surface area contributed by atoms with Gasteiger partial charge < -0.3 is 23.9 Å². The van der Waals surface area contributed by atoms with Crippen molar-refractivity contribution in [3.63, 3.8) is 0 Å². The topological polar surface area (TPSA) is 97.8 Å². The van der Waals surface area contributed by atoms with Gasteiger partial charge in [0.05, 0.1) is 18.2 Å². The van der Waals surface area contributed by atoms with Gasteiger partial charge in [0.2, 0.25) is 5.91 Å². The van der Waals surface area contributed by atoms with E-state index in [2.05, 4.69) is 10.5 Å². The second-order valence-electron chi connectivity index (χ2n) is 8.84. The lowest BCUT2D eigenvalue weighted by Gasteiger charge is -2.28. The van der Waals surface area contributed by atoms with E-state index in [1.54, 1.807) is 18.1 Å². The summed E-state index contributed by atoms with van der Waals surface area (Å²) in [6.45, 7) is 5.76. The monoisotopic (exact) mass is 429 g/mol. The zero-order valence-electron chi connectivity index (χ0n) is 18.5. The van der Waals surface area contributed by atoms with Gasteiger partial charge in [-0.1, -0.05) is 18.0 Å². The summed E-state index contributed by atoms with van der Waals surface area (Å²) in [6.07, 6.45) is 4.70. The van der Waals surface area contributed by atoms with E-state index in [0.29, 0.717) is 44.2 Å². The maximum atomic E-state index is 13.2. The van der Waals surface area contributed by atoms with Crippen molar-refractivity contribution < 1.29 is 23.3 Å². The van der Waals surface area contributed by atoms with Crippen LogP contribution in [0.2, 0.25) is 0 Å². The fourth-order valence-corrected chi connectivity index (χ4v) is 5.14. The largest absolute Gasteiger partial charge is 0.456 e. The van der Waals surface area contributed by atoms with Crippen molar-refractivity contribution in [2.75, 3.05) is 33.4 Å². The molecular formula is C23H31N3O5. The number of furan rings is 1. The number of nitrogens with one attached hydrogen (secondary N) is 1. The average Bonchev–Trinajstić information content (AvgIpc) is 3.54. The van der Waals surface area contributed by atoms with Crippen molar-refractivity contribution in [2.45, 2.75) is 46.0 Å². The van der Waals surface area contributed by atoms with E-state index in [0.717, 1.165) is 42.7 Å². The van der Waals surface area contributed by atoms with Gasteiger partial charge in [-0.3, -0.25) is 9.59 Å². The number of methoxy groups -OCH3 is 1. The van der Waals surface area contributed by atoms with Crippen LogP contribution >= 0.6 is 0 Å². The summed E-state index contributed by atoms with van der Waals surface area (Å²) in [5.74, 6) is 1.45. The minimum atomic E-state index is -0.187. The highest BCUT2D eigenvalue weighted by molar-refractivity contribution is 5.93. The number of hydrogen-bond acceptors (Lipinski definition) is 6. The lowest BCUT2D eigenvalue weighted by Crippen LogP contribution is -2.41. The van der Waals surface area contributed by atoms with Gasteiger partial charge >= 0.3 is 0 Å². The van der Waals surface area contributed by atoms with Gasteiger partial charge in [0.25, 0.3) is 5.91 Å². The first-order valence-electron chi connectivity index (χ1n) is 11.0. The molecule has 2 aromatic heterocycles. The van der Waals surface area contributed by atoms with E-state index in [4.69, 9.17) is 13.7 Å². The smallest absolute Gasteiger partial charge is 0.289 e. The molecule has 1 saturated carbocycles. The van der Waals surface area contributed by atoms with Crippen molar-refractivity contribution >= 4 is 11.8 Å². The van der Waals surface area contributed by atoms with Crippen LogP contribution < -0.4 is 5.32 Å². The van der Waals surface area contributed by atoms with E-state index in [9.17, 15) is 9.59 Å². The zero-order valence-corrected chi connectivity index (χ0v) is 18.5. The van der Waals surface area contributed by atoms with E-state index >= 15 is 0 Å². The SMILES string of the molecule is COCCNC(=O)C1CN(C(=O)c2ccc(Cc3c(C)noc3C)o2)CC12CCCC2. The van der Waals surface area contributed by atoms with Gasteiger partial charge in [0.15, 0.2) is 5.76 Å². The molecule has 1 aliphatic carbocycles. The van der Waals surface area contributed by atoms with Crippen LogP contribution in [0.4, 0.5) is 0 Å². The number of amides is 2. The second-order valence-corrected chi connectivity index (χ2v) is 8.84. The number of carbonyl (C=O) groups excluding carboxylic acids is 2. The van der Waals surface area contributed by atoms with E-state index < -0.39 is 0 Å². The number of carbonyl (C=O) groups is 2. The summed E-state index contributed by atoms with van der Waals surface area (Å²) in [5.41, 5.74) is 1.68. The Morgan fingerprint density at radius 2 is 2.06 bits per heavy atom. The van der Waals surface area contributed by atoms with E-state index in [-0.39, 0.29) is 23.1 Å². The predicted octanol–water partition coefficient (Wildman–Crippen LogP) is 2.87. The lowest BCUT2D eigenvalue weighted by atomic mass is 9.76. The molecule has 4 rings (SSSR count). The Morgan fingerprint density at radius 1 is 1.29 bits per heavy atom. The Bertz CT molecular complexity index is 921. The molecular weight excluding hydrogens is 398 g/mol. The highest BCUT2D eigenvalue weighted by Crippen LogP contribution is 2.49. The second kappa shape index (κ2) is 8.86. The van der Waals surface area contributed by atoms with Gasteiger partial charge in [-0.2, -0.15) is 0 Å². The Morgan fingerprint density at radius 3 is 2.74 bits per heavy atom. The summed E-state index contributed by atoms with van der Waals surface area (Å²) in [6, 6.07) is 3.55. The molecule has 1 atom stereocenters. The van der Waals surface area contributed by atoms with Crippen LogP contribution in [0.15, 0.2) is 21.1 Å². The number of aromatic nitrogens is 1. The molecule has 1 spiro atoms. The minimum Gasteiger partial charge on any atom is -0.456 e. The van der Waals surface area contributed by atoms with E-state index in [1.165, 1.54) is 0 Å². The normalized spacial score (nSPS) is 20.0. The first-order valence-corrected chi connectivity index (χ1v) is 11.0. The minimum absolute atomic E-state index is 0.0211. The van der Waals surface area contributed by atoms with Crippen LogP contribution in [-0.4, -0.2) is 55.2 Å². The molecule has 1 unspecified atom stereocenters. The van der Waals surface area contributed by atoms with Gasteiger partial charge in [-0.05, 0) is 38.8 Å². The zero-order chi connectivity index (χ0) is 22.0. The molecule has 1 aliphatic heterocycles. The molecule has 8 heteroatoms. The van der Waals surface area contributed by atoms with Crippen molar-refractivity contribution in [2.24, 2.45) is 11.3 Å². The van der Waals surface area contributed by atoms with Crippen molar-refractivity contribution in [1.82, 2.24) is 15.4 Å². The van der Waals surface area contributed by atoms with Gasteiger partial charge in [-0.25, -0.2) is 0 Å². The number of rotatable bonds is 7. The fourth-order valence-electron chi connectivity index (χ4n) is 5.14. The third kappa shape index (κ3) is 4.26. The van der Waals surface area contributed by atoms with Crippen LogP contribution in [0, 0.1) is 25.2 Å². The molecule has 2 aliphatic rings. The molecule has 1 saturated heterocycles. The first-order chi connectivity index (χ1) is 14.9. The standard InChI is InChI=1S/C23H31N3O5/c1-15-18(16(2)31-25-15)12-17-6-7-20(30-17)22(28)26-13-19(21(27)24-10-11-29-3)23(14-26)8-4-5-9-23/h6-7,19H,4-5,8-14H2,1-3H3,(H,24,27). The molecule has 0 bridgehead atoms. The first kappa shape index (κ1) is 21.6. The maximum absolute atomic E-state index is 13.2. The van der Waals surface area contributed by atoms with Crippen molar-refractivity contribution in [1.29, 1.82) is 0 Å². The number of ether oxygens (including phenoxy) is 1. The molecule has 3 heterocycles. The summed E-state index contributed by atoms with van der Waals surface area (Å²) >= 11 is 0. The third-order valence-corrected chi connectivity index (χ3v) is 6.86. The average molecular weight is 430 g/mol. The third-order valence-electron chi connectivity index (χ3n) is 6.86. The summed E-state index contributed by atoms with van der Waals surface area (Å²) in [5, 5.41) is 6.95. The fraction of sp³-hybridized carbons (Fsp3) is 0.609. The van der Waals surface area contributed by atoms with Gasteiger partial charge in [0.1, 0.15) is 11.5 Å². The summed E-state index contributed by atoms with van der Waals surface area (Å²) in [7, 11) is 1.61. The van der Waals surface area contributed by atoms with Crippen LogP contribution in [0.5, 0.6) is 0 Å².